The van der Waals surface area contributed by atoms with E-state index in [0.717, 1.165) is 25.7 Å². The highest BCUT2D eigenvalue weighted by atomic mass is 32.1. The van der Waals surface area contributed by atoms with Crippen LogP contribution >= 0.6 is 11.3 Å². The molecule has 0 fully saturated rings. The zero-order valence-corrected chi connectivity index (χ0v) is 12.5. The summed E-state index contributed by atoms with van der Waals surface area (Å²) < 4.78 is 0. The van der Waals surface area contributed by atoms with Crippen molar-refractivity contribution in [1.82, 2.24) is 10.3 Å². The second-order valence-corrected chi connectivity index (χ2v) is 6.02. The normalized spacial score (nSPS) is 12.5. The Labute approximate surface area is 119 Å². The molecule has 0 spiro atoms. The molecule has 0 bridgehead atoms. The molecule has 0 saturated heterocycles. The van der Waals surface area contributed by atoms with Crippen molar-refractivity contribution in [2.45, 2.75) is 38.6 Å². The predicted molar refractivity (Wildman–Crippen MR) is 82.8 cm³/mol. The van der Waals surface area contributed by atoms with Crippen molar-refractivity contribution in [3.05, 3.63) is 52.0 Å². The van der Waals surface area contributed by atoms with Crippen LogP contribution in [0.1, 0.15) is 28.8 Å². The molecule has 1 N–H and O–H groups in total. The molecule has 1 unspecified atom stereocenters. The minimum atomic E-state index is 0.533. The SMILES string of the molecule is CCc1ccc(CC(CCc2ccccn2)NC)s1. The molecule has 0 aliphatic carbocycles. The molecule has 2 aromatic heterocycles. The Morgan fingerprint density at radius 2 is 2.05 bits per heavy atom. The Morgan fingerprint density at radius 1 is 1.21 bits per heavy atom. The lowest BCUT2D eigenvalue weighted by Gasteiger charge is -2.14. The van der Waals surface area contributed by atoms with Gasteiger partial charge in [0.05, 0.1) is 0 Å². The number of rotatable bonds is 7. The van der Waals surface area contributed by atoms with E-state index in [1.165, 1.54) is 15.4 Å². The highest BCUT2D eigenvalue weighted by Gasteiger charge is 2.09. The molecular weight excluding hydrogens is 252 g/mol. The Morgan fingerprint density at radius 3 is 2.68 bits per heavy atom. The van der Waals surface area contributed by atoms with Crippen molar-refractivity contribution >= 4 is 11.3 Å². The van der Waals surface area contributed by atoms with Gasteiger partial charge in [-0.25, -0.2) is 0 Å². The van der Waals surface area contributed by atoms with Crippen molar-refractivity contribution in [3.8, 4) is 0 Å². The number of hydrogen-bond donors (Lipinski definition) is 1. The van der Waals surface area contributed by atoms with Crippen LogP contribution in [0.3, 0.4) is 0 Å². The standard InChI is InChI=1S/C16H22N2S/c1-3-15-9-10-16(19-15)12-14(17-2)8-7-13-6-4-5-11-18-13/h4-6,9-11,14,17H,3,7-8,12H2,1-2H3. The van der Waals surface area contributed by atoms with Gasteiger partial charge in [-0.05, 0) is 57.0 Å². The average molecular weight is 274 g/mol. The highest BCUT2D eigenvalue weighted by Crippen LogP contribution is 2.19. The maximum absolute atomic E-state index is 4.38. The highest BCUT2D eigenvalue weighted by molar-refractivity contribution is 7.11. The number of aryl methyl sites for hydroxylation is 2. The quantitative estimate of drug-likeness (QED) is 0.836. The number of hydrogen-bond acceptors (Lipinski definition) is 3. The van der Waals surface area contributed by atoms with Gasteiger partial charge in [0.25, 0.3) is 0 Å². The van der Waals surface area contributed by atoms with E-state index in [-0.39, 0.29) is 0 Å². The van der Waals surface area contributed by atoms with Gasteiger partial charge in [-0.1, -0.05) is 13.0 Å². The summed E-state index contributed by atoms with van der Waals surface area (Å²) in [5.41, 5.74) is 1.18. The Hall–Kier alpha value is -1.19. The molecule has 3 heteroatoms. The smallest absolute Gasteiger partial charge is 0.0404 e. The summed E-state index contributed by atoms with van der Waals surface area (Å²) >= 11 is 1.94. The third kappa shape index (κ3) is 4.44. The van der Waals surface area contributed by atoms with Gasteiger partial charge in [0, 0.05) is 27.7 Å². The minimum Gasteiger partial charge on any atom is -0.317 e. The van der Waals surface area contributed by atoms with Crippen molar-refractivity contribution < 1.29 is 0 Å². The molecular formula is C16H22N2S. The summed E-state index contributed by atoms with van der Waals surface area (Å²) in [6.07, 6.45) is 6.30. The second-order valence-electron chi connectivity index (χ2n) is 4.77. The van der Waals surface area contributed by atoms with E-state index >= 15 is 0 Å². The maximum atomic E-state index is 4.38. The fourth-order valence-electron chi connectivity index (χ4n) is 2.18. The van der Waals surface area contributed by atoms with E-state index < -0.39 is 0 Å². The molecule has 1 atom stereocenters. The monoisotopic (exact) mass is 274 g/mol. The molecule has 0 aliphatic heterocycles. The van der Waals surface area contributed by atoms with Crippen LogP contribution in [0.5, 0.6) is 0 Å². The summed E-state index contributed by atoms with van der Waals surface area (Å²) in [7, 11) is 2.05. The van der Waals surface area contributed by atoms with Crippen LogP contribution in [0.25, 0.3) is 0 Å². The topological polar surface area (TPSA) is 24.9 Å². The van der Waals surface area contributed by atoms with Crippen molar-refractivity contribution in [3.63, 3.8) is 0 Å². The van der Waals surface area contributed by atoms with E-state index in [9.17, 15) is 0 Å². The van der Waals surface area contributed by atoms with Gasteiger partial charge >= 0.3 is 0 Å². The molecule has 0 aliphatic rings. The number of aromatic nitrogens is 1. The summed E-state index contributed by atoms with van der Waals surface area (Å²) in [4.78, 5) is 7.35. The van der Waals surface area contributed by atoms with Crippen LogP contribution in [0.4, 0.5) is 0 Å². The number of nitrogens with one attached hydrogen (secondary N) is 1. The fraction of sp³-hybridized carbons (Fsp3) is 0.438. The summed E-state index contributed by atoms with van der Waals surface area (Å²) in [5, 5.41) is 3.43. The van der Waals surface area contributed by atoms with Crippen LogP contribution in [-0.4, -0.2) is 18.1 Å². The third-order valence-corrected chi connectivity index (χ3v) is 4.65. The predicted octanol–water partition coefficient (Wildman–Crippen LogP) is 3.47. The largest absolute Gasteiger partial charge is 0.317 e. The lowest BCUT2D eigenvalue weighted by Crippen LogP contribution is -2.27. The summed E-state index contributed by atoms with van der Waals surface area (Å²) in [5.74, 6) is 0. The number of likely N-dealkylation sites (N-methyl/N-ethyl adjacent to an activating group) is 1. The van der Waals surface area contributed by atoms with Crippen molar-refractivity contribution in [2.75, 3.05) is 7.05 Å². The lowest BCUT2D eigenvalue weighted by molar-refractivity contribution is 0.520. The van der Waals surface area contributed by atoms with E-state index in [1.54, 1.807) is 0 Å². The Bertz CT molecular complexity index is 479. The van der Waals surface area contributed by atoms with Crippen LogP contribution in [0.15, 0.2) is 36.5 Å². The molecule has 0 radical (unpaired) electrons. The van der Waals surface area contributed by atoms with Gasteiger partial charge in [-0.2, -0.15) is 0 Å². The first kappa shape index (κ1) is 14.2. The molecule has 2 nitrogen and oxygen atoms in total. The average Bonchev–Trinajstić information content (AvgIpc) is 2.92. The first-order valence-corrected chi connectivity index (χ1v) is 7.78. The van der Waals surface area contributed by atoms with E-state index in [0.29, 0.717) is 6.04 Å². The fourth-order valence-corrected chi connectivity index (χ4v) is 3.22. The van der Waals surface area contributed by atoms with Gasteiger partial charge in [0.1, 0.15) is 0 Å². The first-order valence-electron chi connectivity index (χ1n) is 6.96. The molecule has 2 heterocycles. The van der Waals surface area contributed by atoms with Gasteiger partial charge in [0.15, 0.2) is 0 Å². The van der Waals surface area contributed by atoms with Crippen molar-refractivity contribution in [1.29, 1.82) is 0 Å². The molecule has 0 amide bonds. The minimum absolute atomic E-state index is 0.533. The molecule has 2 rings (SSSR count). The van der Waals surface area contributed by atoms with Gasteiger partial charge in [-0.3, -0.25) is 4.98 Å². The number of nitrogens with zero attached hydrogens (tertiary/aromatic N) is 1. The van der Waals surface area contributed by atoms with Crippen LogP contribution in [-0.2, 0) is 19.3 Å². The van der Waals surface area contributed by atoms with Gasteiger partial charge in [0.2, 0.25) is 0 Å². The van der Waals surface area contributed by atoms with Gasteiger partial charge < -0.3 is 5.32 Å². The van der Waals surface area contributed by atoms with E-state index in [2.05, 4.69) is 48.5 Å². The van der Waals surface area contributed by atoms with E-state index in [4.69, 9.17) is 0 Å². The summed E-state index contributed by atoms with van der Waals surface area (Å²) in [6.45, 7) is 2.21. The molecule has 0 aromatic carbocycles. The van der Waals surface area contributed by atoms with Crippen LogP contribution in [0.2, 0.25) is 0 Å². The lowest BCUT2D eigenvalue weighted by atomic mass is 10.1. The zero-order chi connectivity index (χ0) is 13.5. The molecule has 19 heavy (non-hydrogen) atoms. The Balaban J connectivity index is 1.86. The Kier molecular flexibility index (Phi) is 5.55. The zero-order valence-electron chi connectivity index (χ0n) is 11.7. The molecule has 102 valence electrons. The third-order valence-electron chi connectivity index (χ3n) is 3.40. The maximum Gasteiger partial charge on any atom is 0.0404 e. The molecule has 2 aromatic rings. The first-order chi connectivity index (χ1) is 9.31. The van der Waals surface area contributed by atoms with Gasteiger partial charge in [-0.15, -0.1) is 11.3 Å². The van der Waals surface area contributed by atoms with Crippen LogP contribution in [0, 0.1) is 0 Å². The second kappa shape index (κ2) is 7.41. The van der Waals surface area contributed by atoms with Crippen LogP contribution < -0.4 is 5.32 Å². The molecule has 0 saturated carbocycles. The summed E-state index contributed by atoms with van der Waals surface area (Å²) in [6, 6.07) is 11.2. The van der Waals surface area contributed by atoms with Crippen molar-refractivity contribution in [2.24, 2.45) is 0 Å². The number of thiophene rings is 1. The van der Waals surface area contributed by atoms with E-state index in [1.807, 2.05) is 23.6 Å². The number of pyridine rings is 1.